The number of carbonyl (C=O) groups is 1. The molecular formula is C22H30F6O4Si. The highest BCUT2D eigenvalue weighted by atomic mass is 28.4. The summed E-state index contributed by atoms with van der Waals surface area (Å²) in [5, 5.41) is 10.7. The van der Waals surface area contributed by atoms with Crippen LogP contribution in [-0.4, -0.2) is 44.0 Å². The van der Waals surface area contributed by atoms with E-state index < -0.39 is 56.4 Å². The largest absolute Gasteiger partial charge is 0.439 e. The maximum atomic E-state index is 12.7. The van der Waals surface area contributed by atoms with Crippen molar-refractivity contribution in [3.8, 4) is 0 Å². The Balaban J connectivity index is 3.20. The first-order valence-electron chi connectivity index (χ1n) is 10.6. The van der Waals surface area contributed by atoms with Crippen LogP contribution in [-0.2, 0) is 14.0 Å². The van der Waals surface area contributed by atoms with Gasteiger partial charge in [0.2, 0.25) is 0 Å². The van der Waals surface area contributed by atoms with E-state index in [4.69, 9.17) is 4.43 Å². The maximum Gasteiger partial charge on any atom is 0.434 e. The Labute approximate surface area is 190 Å². The fourth-order valence-corrected chi connectivity index (χ4v) is 6.39. The van der Waals surface area contributed by atoms with Crippen LogP contribution in [0.25, 0.3) is 0 Å². The molecule has 0 spiro atoms. The lowest BCUT2D eigenvalue weighted by molar-refractivity contribution is -0.312. The van der Waals surface area contributed by atoms with Gasteiger partial charge in [0.15, 0.2) is 8.32 Å². The van der Waals surface area contributed by atoms with Crippen molar-refractivity contribution in [2.45, 2.75) is 76.5 Å². The van der Waals surface area contributed by atoms with Crippen molar-refractivity contribution >= 4 is 14.3 Å². The molecule has 0 amide bonds. The van der Waals surface area contributed by atoms with Gasteiger partial charge in [-0.25, -0.2) is 4.79 Å². The van der Waals surface area contributed by atoms with E-state index in [2.05, 4.69) is 11.3 Å². The van der Waals surface area contributed by atoms with Crippen LogP contribution in [0.1, 0.15) is 39.4 Å². The minimum Gasteiger partial charge on any atom is -0.439 e. The molecule has 11 heteroatoms. The van der Waals surface area contributed by atoms with Crippen molar-refractivity contribution in [1.29, 1.82) is 0 Å². The molecule has 0 unspecified atom stereocenters. The summed E-state index contributed by atoms with van der Waals surface area (Å²) in [6.07, 6.45) is -18.6. The smallest absolute Gasteiger partial charge is 0.434 e. The molecule has 33 heavy (non-hydrogen) atoms. The SMILES string of the molecule is C=C(C(=O)OC(C(F)(F)F)C(F)(F)F)[C@@H](O)[C@@H](C)[C@H](O[Si](CC)(CC)CC)c1ccccc1. The van der Waals surface area contributed by atoms with Crippen molar-refractivity contribution in [1.82, 2.24) is 0 Å². The van der Waals surface area contributed by atoms with Crippen molar-refractivity contribution in [2.75, 3.05) is 0 Å². The number of ether oxygens (including phenoxy) is 1. The number of benzene rings is 1. The first kappa shape index (κ1) is 29.2. The molecule has 0 fully saturated rings. The van der Waals surface area contributed by atoms with Crippen LogP contribution in [0.2, 0.25) is 18.1 Å². The molecule has 188 valence electrons. The summed E-state index contributed by atoms with van der Waals surface area (Å²) >= 11 is 0. The summed E-state index contributed by atoms with van der Waals surface area (Å²) in [5.41, 5.74) is -0.261. The number of halogens is 6. The zero-order valence-corrected chi connectivity index (χ0v) is 20.0. The topological polar surface area (TPSA) is 55.8 Å². The highest BCUT2D eigenvalue weighted by Gasteiger charge is 2.60. The van der Waals surface area contributed by atoms with Gasteiger partial charge in [-0.15, -0.1) is 0 Å². The third kappa shape index (κ3) is 7.58. The Morgan fingerprint density at radius 2 is 1.45 bits per heavy atom. The molecule has 0 saturated heterocycles. The lowest BCUT2D eigenvalue weighted by Gasteiger charge is -2.38. The van der Waals surface area contributed by atoms with Gasteiger partial charge in [-0.3, -0.25) is 0 Å². The fourth-order valence-electron chi connectivity index (χ4n) is 3.50. The first-order chi connectivity index (χ1) is 15.1. The van der Waals surface area contributed by atoms with Gasteiger partial charge in [0.05, 0.1) is 17.8 Å². The van der Waals surface area contributed by atoms with Gasteiger partial charge in [-0.2, -0.15) is 26.3 Å². The van der Waals surface area contributed by atoms with E-state index in [1.165, 1.54) is 6.92 Å². The number of aliphatic hydroxyl groups is 1. The van der Waals surface area contributed by atoms with Gasteiger partial charge < -0.3 is 14.3 Å². The minimum atomic E-state index is -5.87. The summed E-state index contributed by atoms with van der Waals surface area (Å²) in [4.78, 5) is 12.1. The molecule has 0 aliphatic heterocycles. The van der Waals surface area contributed by atoms with E-state index in [1.54, 1.807) is 30.3 Å². The number of alkyl halides is 6. The van der Waals surface area contributed by atoms with E-state index in [1.807, 2.05) is 20.8 Å². The standard InChI is InChI=1S/C22H30F6O4Si/c1-6-33(7-2,8-3)32-18(16-12-10-9-11-13-16)14(4)17(29)15(5)19(30)31-20(21(23,24)25)22(26,27)28/h9-14,17-18,20,29H,5-8H2,1-4H3/t14-,17+,18+/m1/s1. The Hall–Kier alpha value is -1.85. The zero-order valence-electron chi connectivity index (χ0n) is 19.0. The van der Waals surface area contributed by atoms with Crippen LogP contribution < -0.4 is 0 Å². The average Bonchev–Trinajstić information content (AvgIpc) is 2.76. The van der Waals surface area contributed by atoms with E-state index in [0.717, 1.165) is 18.1 Å². The molecule has 0 aromatic heterocycles. The summed E-state index contributed by atoms with van der Waals surface area (Å²) in [7, 11) is -2.26. The van der Waals surface area contributed by atoms with Crippen molar-refractivity contribution in [2.24, 2.45) is 5.92 Å². The average molecular weight is 501 g/mol. The van der Waals surface area contributed by atoms with E-state index in [-0.39, 0.29) is 0 Å². The van der Waals surface area contributed by atoms with Crippen LogP contribution >= 0.6 is 0 Å². The number of hydrogen-bond acceptors (Lipinski definition) is 4. The van der Waals surface area contributed by atoms with Crippen LogP contribution in [0.3, 0.4) is 0 Å². The molecule has 0 radical (unpaired) electrons. The molecule has 0 aliphatic carbocycles. The quantitative estimate of drug-likeness (QED) is 0.167. The summed E-state index contributed by atoms with van der Waals surface area (Å²) in [6, 6.07) is 11.0. The van der Waals surface area contributed by atoms with E-state index >= 15 is 0 Å². The second-order valence-corrected chi connectivity index (χ2v) is 12.6. The number of rotatable bonds is 11. The van der Waals surface area contributed by atoms with Gasteiger partial charge in [0.25, 0.3) is 6.10 Å². The third-order valence-corrected chi connectivity index (χ3v) is 10.5. The molecule has 0 aliphatic rings. The van der Waals surface area contributed by atoms with E-state index in [0.29, 0.717) is 5.56 Å². The van der Waals surface area contributed by atoms with Gasteiger partial charge in [-0.1, -0.05) is 64.6 Å². The van der Waals surface area contributed by atoms with E-state index in [9.17, 15) is 36.2 Å². The number of carbonyl (C=O) groups excluding carboxylic acids is 1. The van der Waals surface area contributed by atoms with Gasteiger partial charge in [-0.05, 0) is 23.7 Å². The molecule has 0 saturated carbocycles. The molecule has 1 aromatic carbocycles. The van der Waals surface area contributed by atoms with Crippen LogP contribution in [0, 0.1) is 5.92 Å². The predicted molar refractivity (Wildman–Crippen MR) is 114 cm³/mol. The number of esters is 1. The highest BCUT2D eigenvalue weighted by molar-refractivity contribution is 6.73. The Morgan fingerprint density at radius 3 is 1.85 bits per heavy atom. The second-order valence-electron chi connectivity index (χ2n) is 7.89. The molecule has 1 aromatic rings. The molecule has 0 heterocycles. The van der Waals surface area contributed by atoms with Gasteiger partial charge >= 0.3 is 18.3 Å². The normalized spacial score (nSPS) is 15.8. The monoisotopic (exact) mass is 500 g/mol. The molecule has 3 atom stereocenters. The van der Waals surface area contributed by atoms with Crippen LogP contribution in [0.4, 0.5) is 26.3 Å². The summed E-state index contributed by atoms with van der Waals surface area (Å²) < 4.78 is 86.7. The van der Waals surface area contributed by atoms with Crippen LogP contribution in [0.15, 0.2) is 42.5 Å². The number of hydrogen-bond donors (Lipinski definition) is 1. The second kappa shape index (κ2) is 11.5. The fraction of sp³-hybridized carbons (Fsp3) is 0.591. The van der Waals surface area contributed by atoms with Crippen molar-refractivity contribution in [3.05, 3.63) is 48.0 Å². The van der Waals surface area contributed by atoms with Crippen molar-refractivity contribution in [3.63, 3.8) is 0 Å². The zero-order chi connectivity index (χ0) is 25.6. The maximum absolute atomic E-state index is 12.7. The van der Waals surface area contributed by atoms with Gasteiger partial charge in [0, 0.05) is 5.92 Å². The van der Waals surface area contributed by atoms with Crippen molar-refractivity contribution < 1.29 is 45.4 Å². The Kier molecular flexibility index (Phi) is 10.2. The summed E-state index contributed by atoms with van der Waals surface area (Å²) in [5.74, 6) is -2.90. The highest BCUT2D eigenvalue weighted by Crippen LogP contribution is 2.39. The molecule has 4 nitrogen and oxygen atoms in total. The molecular weight excluding hydrogens is 470 g/mol. The summed E-state index contributed by atoms with van der Waals surface area (Å²) in [6.45, 7) is 10.7. The Bertz CT molecular complexity index is 755. The number of aliphatic hydroxyl groups excluding tert-OH is 1. The van der Waals surface area contributed by atoms with Crippen LogP contribution in [0.5, 0.6) is 0 Å². The molecule has 1 N–H and O–H groups in total. The first-order valence-corrected chi connectivity index (χ1v) is 13.1. The Morgan fingerprint density at radius 1 is 1.00 bits per heavy atom. The molecule has 1 rings (SSSR count). The van der Waals surface area contributed by atoms with Gasteiger partial charge in [0.1, 0.15) is 0 Å². The lowest BCUT2D eigenvalue weighted by Crippen LogP contribution is -2.46. The molecule has 0 bridgehead atoms. The lowest BCUT2D eigenvalue weighted by atomic mass is 9.89. The third-order valence-electron chi connectivity index (χ3n) is 5.85. The minimum absolute atomic E-state index is 0.654. The predicted octanol–water partition coefficient (Wildman–Crippen LogP) is 6.34.